The van der Waals surface area contributed by atoms with E-state index in [1.165, 1.54) is 0 Å². The lowest BCUT2D eigenvalue weighted by Gasteiger charge is -2.17. The van der Waals surface area contributed by atoms with Crippen molar-refractivity contribution in [3.8, 4) is 0 Å². The van der Waals surface area contributed by atoms with Gasteiger partial charge in [-0.05, 0) is 29.7 Å². The maximum Gasteiger partial charge on any atom is 0.152 e. The van der Waals surface area contributed by atoms with Gasteiger partial charge in [-0.25, -0.2) is 8.42 Å². The van der Waals surface area contributed by atoms with Crippen molar-refractivity contribution in [2.75, 3.05) is 6.26 Å². The third-order valence-electron chi connectivity index (χ3n) is 3.48. The molecular formula is C15H18O3S. The summed E-state index contributed by atoms with van der Waals surface area (Å²) < 4.78 is 22.8. The van der Waals surface area contributed by atoms with Gasteiger partial charge >= 0.3 is 0 Å². The fourth-order valence-electron chi connectivity index (χ4n) is 2.06. The van der Waals surface area contributed by atoms with Gasteiger partial charge in [-0.2, -0.15) is 0 Å². The van der Waals surface area contributed by atoms with Gasteiger partial charge in [0, 0.05) is 6.26 Å². The molecule has 2 rings (SSSR count). The van der Waals surface area contributed by atoms with E-state index in [0.717, 1.165) is 22.6 Å². The zero-order valence-electron chi connectivity index (χ0n) is 11.1. The molecule has 0 fully saturated rings. The Bertz CT molecular complexity index is 677. The van der Waals surface area contributed by atoms with Crippen LogP contribution < -0.4 is 0 Å². The van der Waals surface area contributed by atoms with Crippen LogP contribution in [0.5, 0.6) is 0 Å². The molecule has 3 nitrogen and oxygen atoms in total. The van der Waals surface area contributed by atoms with E-state index < -0.39 is 21.2 Å². The van der Waals surface area contributed by atoms with Gasteiger partial charge in [0.05, 0.1) is 11.4 Å². The molecule has 2 unspecified atom stereocenters. The Kier molecular flexibility index (Phi) is 3.92. The van der Waals surface area contributed by atoms with Gasteiger partial charge in [-0.1, -0.05) is 42.5 Å². The molecule has 4 heteroatoms. The van der Waals surface area contributed by atoms with E-state index in [9.17, 15) is 13.5 Å². The Morgan fingerprint density at radius 3 is 2.37 bits per heavy atom. The van der Waals surface area contributed by atoms with Gasteiger partial charge in [0.15, 0.2) is 9.84 Å². The fourth-order valence-corrected chi connectivity index (χ4v) is 2.73. The second-order valence-electron chi connectivity index (χ2n) is 4.99. The summed E-state index contributed by atoms with van der Waals surface area (Å²) >= 11 is 0. The van der Waals surface area contributed by atoms with E-state index >= 15 is 0 Å². The third kappa shape index (κ3) is 3.33. The van der Waals surface area contributed by atoms with Crippen LogP contribution in [0.1, 0.15) is 12.5 Å². The highest BCUT2D eigenvalue weighted by atomic mass is 32.2. The fraction of sp³-hybridized carbons (Fsp3) is 0.333. The SMILES string of the molecule is CC(C(O)Cc1ccc2ccccc2c1)S(C)(=O)=O. The summed E-state index contributed by atoms with van der Waals surface area (Å²) in [6.45, 7) is 1.54. The molecule has 0 spiro atoms. The first-order chi connectivity index (χ1) is 8.88. The van der Waals surface area contributed by atoms with Crippen LogP contribution in [0.3, 0.4) is 0 Å². The van der Waals surface area contributed by atoms with E-state index in [4.69, 9.17) is 0 Å². The van der Waals surface area contributed by atoms with Crippen molar-refractivity contribution < 1.29 is 13.5 Å². The molecule has 102 valence electrons. The monoisotopic (exact) mass is 278 g/mol. The molecule has 0 saturated carbocycles. The first-order valence-corrected chi connectivity index (χ1v) is 8.18. The molecule has 0 saturated heterocycles. The second-order valence-corrected chi connectivity index (χ2v) is 7.39. The van der Waals surface area contributed by atoms with Crippen molar-refractivity contribution >= 4 is 20.6 Å². The summed E-state index contributed by atoms with van der Waals surface area (Å²) in [5, 5.41) is 11.5. The second kappa shape index (κ2) is 5.31. The van der Waals surface area contributed by atoms with Crippen LogP contribution in [0, 0.1) is 0 Å². The Labute approximate surface area is 113 Å². The highest BCUT2D eigenvalue weighted by Crippen LogP contribution is 2.18. The molecule has 0 aliphatic carbocycles. The molecule has 0 aromatic heterocycles. The topological polar surface area (TPSA) is 54.4 Å². The first kappa shape index (κ1) is 14.0. The van der Waals surface area contributed by atoms with Crippen LogP contribution in [-0.4, -0.2) is 31.1 Å². The minimum atomic E-state index is -3.21. The number of fused-ring (bicyclic) bond motifs is 1. The molecule has 2 aromatic carbocycles. The third-order valence-corrected chi connectivity index (χ3v) is 5.14. The number of aliphatic hydroxyl groups is 1. The summed E-state index contributed by atoms with van der Waals surface area (Å²) in [6.07, 6.45) is 0.622. The minimum absolute atomic E-state index is 0.346. The predicted octanol–water partition coefficient (Wildman–Crippen LogP) is 2.18. The number of hydrogen-bond donors (Lipinski definition) is 1. The van der Waals surface area contributed by atoms with E-state index in [2.05, 4.69) is 0 Å². The van der Waals surface area contributed by atoms with Crippen molar-refractivity contribution in [1.82, 2.24) is 0 Å². The molecule has 2 atom stereocenters. The molecule has 0 amide bonds. The van der Waals surface area contributed by atoms with Crippen LogP contribution in [0.4, 0.5) is 0 Å². The summed E-state index contributed by atoms with van der Waals surface area (Å²) in [7, 11) is -3.21. The molecule has 0 radical (unpaired) electrons. The number of aliphatic hydroxyl groups excluding tert-OH is 1. The Morgan fingerprint density at radius 1 is 1.11 bits per heavy atom. The van der Waals surface area contributed by atoms with E-state index in [0.29, 0.717) is 6.42 Å². The highest BCUT2D eigenvalue weighted by Gasteiger charge is 2.24. The zero-order chi connectivity index (χ0) is 14.0. The van der Waals surface area contributed by atoms with Gasteiger partial charge in [0.1, 0.15) is 0 Å². The highest BCUT2D eigenvalue weighted by molar-refractivity contribution is 7.91. The first-order valence-electron chi connectivity index (χ1n) is 6.22. The van der Waals surface area contributed by atoms with Gasteiger partial charge in [0.25, 0.3) is 0 Å². The van der Waals surface area contributed by atoms with Crippen molar-refractivity contribution in [2.24, 2.45) is 0 Å². The smallest absolute Gasteiger partial charge is 0.152 e. The lowest BCUT2D eigenvalue weighted by molar-refractivity contribution is 0.173. The van der Waals surface area contributed by atoms with Gasteiger partial charge in [0.2, 0.25) is 0 Å². The van der Waals surface area contributed by atoms with E-state index in [-0.39, 0.29) is 0 Å². The molecule has 0 aliphatic rings. The van der Waals surface area contributed by atoms with Crippen molar-refractivity contribution in [3.05, 3.63) is 48.0 Å². The molecule has 1 N–H and O–H groups in total. The lowest BCUT2D eigenvalue weighted by Crippen LogP contribution is -2.32. The van der Waals surface area contributed by atoms with Crippen LogP contribution in [0.15, 0.2) is 42.5 Å². The summed E-state index contributed by atoms with van der Waals surface area (Å²) in [6, 6.07) is 13.9. The number of hydrogen-bond acceptors (Lipinski definition) is 3. The van der Waals surface area contributed by atoms with Crippen LogP contribution in [0.25, 0.3) is 10.8 Å². The Hall–Kier alpha value is -1.39. The zero-order valence-corrected chi connectivity index (χ0v) is 11.9. The predicted molar refractivity (Wildman–Crippen MR) is 78.0 cm³/mol. The molecule has 2 aromatic rings. The van der Waals surface area contributed by atoms with Crippen molar-refractivity contribution in [1.29, 1.82) is 0 Å². The van der Waals surface area contributed by atoms with Crippen molar-refractivity contribution in [2.45, 2.75) is 24.7 Å². The van der Waals surface area contributed by atoms with E-state index in [1.54, 1.807) is 6.92 Å². The summed E-state index contributed by atoms with van der Waals surface area (Å²) in [5.74, 6) is 0. The average Bonchev–Trinajstić information content (AvgIpc) is 2.36. The molecular weight excluding hydrogens is 260 g/mol. The van der Waals surface area contributed by atoms with Crippen LogP contribution >= 0.6 is 0 Å². The molecule has 19 heavy (non-hydrogen) atoms. The summed E-state index contributed by atoms with van der Waals surface area (Å²) in [4.78, 5) is 0. The van der Waals surface area contributed by atoms with E-state index in [1.807, 2.05) is 42.5 Å². The average molecular weight is 278 g/mol. The van der Waals surface area contributed by atoms with Gasteiger partial charge in [-0.3, -0.25) is 0 Å². The quantitative estimate of drug-likeness (QED) is 0.932. The standard InChI is InChI=1S/C15H18O3S/c1-11(19(2,17)18)15(16)10-12-7-8-13-5-3-4-6-14(13)9-12/h3-9,11,15-16H,10H2,1-2H3. The Balaban J connectivity index is 2.22. The normalized spacial score (nSPS) is 15.3. The molecule has 0 bridgehead atoms. The van der Waals surface area contributed by atoms with Gasteiger partial charge in [-0.15, -0.1) is 0 Å². The number of sulfone groups is 1. The Morgan fingerprint density at radius 2 is 1.74 bits per heavy atom. The lowest BCUT2D eigenvalue weighted by atomic mass is 10.0. The molecule has 0 aliphatic heterocycles. The number of rotatable bonds is 4. The minimum Gasteiger partial charge on any atom is -0.391 e. The van der Waals surface area contributed by atoms with Gasteiger partial charge < -0.3 is 5.11 Å². The van der Waals surface area contributed by atoms with Crippen LogP contribution in [0.2, 0.25) is 0 Å². The van der Waals surface area contributed by atoms with Crippen molar-refractivity contribution in [3.63, 3.8) is 0 Å². The summed E-state index contributed by atoms with van der Waals surface area (Å²) in [5.41, 5.74) is 0.946. The number of benzene rings is 2. The largest absolute Gasteiger partial charge is 0.391 e. The molecule has 0 heterocycles. The maximum absolute atomic E-state index is 11.4. The van der Waals surface area contributed by atoms with Crippen LogP contribution in [-0.2, 0) is 16.3 Å². The maximum atomic E-state index is 11.4.